The van der Waals surface area contributed by atoms with E-state index in [2.05, 4.69) is 15.0 Å². The highest BCUT2D eigenvalue weighted by Gasteiger charge is 2.45. The molecule has 114 valence electrons. The summed E-state index contributed by atoms with van der Waals surface area (Å²) in [7, 11) is 3.06. The van der Waals surface area contributed by atoms with Crippen molar-refractivity contribution in [3.63, 3.8) is 0 Å². The van der Waals surface area contributed by atoms with Crippen LogP contribution < -0.4 is 5.73 Å². The predicted octanol–water partition coefficient (Wildman–Crippen LogP) is -0.672. The highest BCUT2D eigenvalue weighted by molar-refractivity contribution is 5.81. The molecule has 1 saturated heterocycles. The molecule has 9 heteroatoms. The molecule has 0 bridgehead atoms. The molecular weight excluding hydrogens is 278 g/mol. The summed E-state index contributed by atoms with van der Waals surface area (Å²) in [5, 5.41) is 10.3. The third kappa shape index (κ3) is 2.23. The van der Waals surface area contributed by atoms with Crippen molar-refractivity contribution in [3.05, 3.63) is 12.7 Å². The van der Waals surface area contributed by atoms with Crippen molar-refractivity contribution < 1.29 is 19.3 Å². The second-order valence-electron chi connectivity index (χ2n) is 4.79. The molecule has 4 atom stereocenters. The normalized spacial score (nSPS) is 29.3. The van der Waals surface area contributed by atoms with Crippen LogP contribution in [-0.4, -0.2) is 63.8 Å². The Morgan fingerprint density at radius 3 is 2.90 bits per heavy atom. The summed E-state index contributed by atoms with van der Waals surface area (Å²) >= 11 is 0. The number of hydrogen-bond donors (Lipinski definition) is 2. The molecule has 0 aromatic carbocycles. The number of fused-ring (bicyclic) bond motifs is 1. The molecule has 3 N–H and O–H groups in total. The fourth-order valence-electron chi connectivity index (χ4n) is 2.56. The topological polar surface area (TPSA) is 118 Å². The molecule has 0 saturated carbocycles. The first kappa shape index (κ1) is 14.1. The average molecular weight is 295 g/mol. The van der Waals surface area contributed by atoms with E-state index < -0.39 is 24.5 Å². The van der Waals surface area contributed by atoms with E-state index in [1.807, 2.05) is 0 Å². The Hall–Kier alpha value is -1.81. The van der Waals surface area contributed by atoms with E-state index in [1.165, 1.54) is 13.4 Å². The third-order valence-electron chi connectivity index (χ3n) is 3.58. The summed E-state index contributed by atoms with van der Waals surface area (Å²) in [4.78, 5) is 12.3. The molecule has 0 spiro atoms. The van der Waals surface area contributed by atoms with E-state index >= 15 is 0 Å². The second kappa shape index (κ2) is 5.53. The number of methoxy groups -OCH3 is 2. The van der Waals surface area contributed by atoms with Gasteiger partial charge in [0.05, 0.1) is 12.9 Å². The second-order valence-corrected chi connectivity index (χ2v) is 4.79. The number of aliphatic hydroxyl groups excluding tert-OH is 1. The predicted molar refractivity (Wildman–Crippen MR) is 72.3 cm³/mol. The van der Waals surface area contributed by atoms with Crippen molar-refractivity contribution in [2.24, 2.45) is 0 Å². The summed E-state index contributed by atoms with van der Waals surface area (Å²) in [5.74, 6) is 0.291. The highest BCUT2D eigenvalue weighted by Crippen LogP contribution is 2.33. The van der Waals surface area contributed by atoms with Crippen LogP contribution in [0, 0.1) is 0 Å². The Morgan fingerprint density at radius 2 is 2.19 bits per heavy atom. The number of nitrogen functional groups attached to an aromatic ring is 1. The Kier molecular flexibility index (Phi) is 3.72. The van der Waals surface area contributed by atoms with Gasteiger partial charge < -0.3 is 25.1 Å². The van der Waals surface area contributed by atoms with Gasteiger partial charge in [-0.3, -0.25) is 4.57 Å². The number of hydrogen-bond acceptors (Lipinski definition) is 8. The Morgan fingerprint density at radius 1 is 1.38 bits per heavy atom. The van der Waals surface area contributed by atoms with Gasteiger partial charge in [-0.2, -0.15) is 0 Å². The molecule has 4 unspecified atom stereocenters. The van der Waals surface area contributed by atoms with Crippen molar-refractivity contribution in [1.29, 1.82) is 0 Å². The van der Waals surface area contributed by atoms with Gasteiger partial charge in [0.2, 0.25) is 0 Å². The first-order chi connectivity index (χ1) is 10.2. The van der Waals surface area contributed by atoms with Crippen molar-refractivity contribution >= 4 is 17.0 Å². The first-order valence-electron chi connectivity index (χ1n) is 6.45. The van der Waals surface area contributed by atoms with E-state index in [0.717, 1.165) is 0 Å². The number of nitrogens with zero attached hydrogens (tertiary/aromatic N) is 4. The van der Waals surface area contributed by atoms with E-state index in [9.17, 15) is 5.11 Å². The number of rotatable bonds is 4. The Labute approximate surface area is 120 Å². The van der Waals surface area contributed by atoms with Crippen LogP contribution in [0.1, 0.15) is 6.23 Å². The zero-order valence-electron chi connectivity index (χ0n) is 11.7. The molecule has 0 aliphatic carbocycles. The Bertz CT molecular complexity index is 633. The minimum Gasteiger partial charge on any atom is -0.387 e. The number of aromatic nitrogens is 4. The van der Waals surface area contributed by atoms with Crippen LogP contribution in [0.15, 0.2) is 12.7 Å². The maximum absolute atomic E-state index is 10.3. The molecule has 0 radical (unpaired) electrons. The van der Waals surface area contributed by atoms with Gasteiger partial charge in [-0.25, -0.2) is 15.0 Å². The molecule has 9 nitrogen and oxygen atoms in total. The van der Waals surface area contributed by atoms with Crippen molar-refractivity contribution in [2.45, 2.75) is 24.5 Å². The number of nitrogens with two attached hydrogens (primary N) is 1. The van der Waals surface area contributed by atoms with Gasteiger partial charge in [-0.05, 0) is 0 Å². The van der Waals surface area contributed by atoms with Gasteiger partial charge in [0.1, 0.15) is 30.2 Å². The summed E-state index contributed by atoms with van der Waals surface area (Å²) < 4.78 is 17.9. The van der Waals surface area contributed by atoms with Crippen LogP contribution in [0.5, 0.6) is 0 Å². The van der Waals surface area contributed by atoms with Gasteiger partial charge >= 0.3 is 0 Å². The van der Waals surface area contributed by atoms with Crippen LogP contribution in [0.4, 0.5) is 5.82 Å². The first-order valence-corrected chi connectivity index (χ1v) is 6.45. The molecule has 3 rings (SSSR count). The van der Waals surface area contributed by atoms with Crippen LogP contribution in [-0.2, 0) is 14.2 Å². The molecule has 21 heavy (non-hydrogen) atoms. The molecule has 1 aliphatic rings. The zero-order chi connectivity index (χ0) is 15.0. The summed E-state index contributed by atoms with van der Waals surface area (Å²) in [6.07, 6.45) is 0.491. The zero-order valence-corrected chi connectivity index (χ0v) is 11.7. The van der Waals surface area contributed by atoms with Crippen molar-refractivity contribution in [2.75, 3.05) is 26.6 Å². The fraction of sp³-hybridized carbons (Fsp3) is 0.583. The minimum absolute atomic E-state index is 0.265. The fourth-order valence-corrected chi connectivity index (χ4v) is 2.56. The van der Waals surface area contributed by atoms with E-state index in [1.54, 1.807) is 18.0 Å². The standard InChI is InChI=1S/C12H17N5O4/c1-19-3-6-8(18)9(20-2)12(21-6)17-5-16-7-10(13)14-4-15-11(7)17/h4-6,8-9,12,18H,3H2,1-2H3,(H2,13,14,15). The average Bonchev–Trinajstić information content (AvgIpc) is 3.02. The minimum atomic E-state index is -0.809. The number of imidazole rings is 1. The molecule has 2 aromatic heterocycles. The SMILES string of the molecule is COCC1OC(n2cnc3c(N)ncnc32)C(OC)C1O. The lowest BCUT2D eigenvalue weighted by Crippen LogP contribution is -2.35. The smallest absolute Gasteiger partial charge is 0.167 e. The van der Waals surface area contributed by atoms with Gasteiger partial charge in [0.25, 0.3) is 0 Å². The van der Waals surface area contributed by atoms with E-state index in [0.29, 0.717) is 17.0 Å². The summed E-state index contributed by atoms with van der Waals surface area (Å²) in [5.41, 5.74) is 6.78. The number of aliphatic hydroxyl groups is 1. The summed E-state index contributed by atoms with van der Waals surface area (Å²) in [6.45, 7) is 0.265. The Balaban J connectivity index is 1.99. The molecular formula is C12H17N5O4. The maximum Gasteiger partial charge on any atom is 0.167 e. The van der Waals surface area contributed by atoms with Gasteiger partial charge in [0, 0.05) is 14.2 Å². The molecule has 3 heterocycles. The van der Waals surface area contributed by atoms with Crippen molar-refractivity contribution in [1.82, 2.24) is 19.5 Å². The molecule has 2 aromatic rings. The van der Waals surface area contributed by atoms with Gasteiger partial charge in [-0.15, -0.1) is 0 Å². The van der Waals surface area contributed by atoms with Crippen molar-refractivity contribution in [3.8, 4) is 0 Å². The number of anilines is 1. The monoisotopic (exact) mass is 295 g/mol. The van der Waals surface area contributed by atoms with Gasteiger partial charge in [-0.1, -0.05) is 0 Å². The number of ether oxygens (including phenoxy) is 3. The van der Waals surface area contributed by atoms with Crippen LogP contribution >= 0.6 is 0 Å². The lowest BCUT2D eigenvalue weighted by Gasteiger charge is -2.19. The highest BCUT2D eigenvalue weighted by atomic mass is 16.6. The lowest BCUT2D eigenvalue weighted by atomic mass is 10.1. The molecule has 0 amide bonds. The largest absolute Gasteiger partial charge is 0.387 e. The summed E-state index contributed by atoms with van der Waals surface area (Å²) in [6, 6.07) is 0. The van der Waals surface area contributed by atoms with Crippen LogP contribution in [0.3, 0.4) is 0 Å². The van der Waals surface area contributed by atoms with Gasteiger partial charge in [0.15, 0.2) is 17.7 Å². The van der Waals surface area contributed by atoms with E-state index in [4.69, 9.17) is 19.9 Å². The third-order valence-corrected chi connectivity index (χ3v) is 3.58. The van der Waals surface area contributed by atoms with Crippen LogP contribution in [0.2, 0.25) is 0 Å². The van der Waals surface area contributed by atoms with E-state index in [-0.39, 0.29) is 6.61 Å². The molecule has 1 aliphatic heterocycles. The quantitative estimate of drug-likeness (QED) is 0.762. The lowest BCUT2D eigenvalue weighted by molar-refractivity contribution is -0.0630. The molecule has 1 fully saturated rings. The van der Waals surface area contributed by atoms with Crippen LogP contribution in [0.25, 0.3) is 11.2 Å². The maximum atomic E-state index is 10.3.